The number of halogens is 2. The lowest BCUT2D eigenvalue weighted by Crippen LogP contribution is -2.06. The Morgan fingerprint density at radius 2 is 2.04 bits per heavy atom. The molecule has 0 aliphatic carbocycles. The molecule has 4 aromatic rings. The van der Waals surface area contributed by atoms with Crippen LogP contribution in [0.25, 0.3) is 32.7 Å². The van der Waals surface area contributed by atoms with Crippen LogP contribution in [-0.2, 0) is 4.74 Å². The van der Waals surface area contributed by atoms with Crippen LogP contribution in [0.2, 0.25) is 10.0 Å². The molecule has 3 heterocycles. The Bertz CT molecular complexity index is 1080. The molecule has 0 bridgehead atoms. The molecule has 0 atom stereocenters. The average molecular weight is 408 g/mol. The van der Waals surface area contributed by atoms with E-state index in [1.54, 1.807) is 25.1 Å². The second-order valence-corrected chi connectivity index (χ2v) is 7.10. The van der Waals surface area contributed by atoms with Crippen LogP contribution in [0.3, 0.4) is 0 Å². The summed E-state index contributed by atoms with van der Waals surface area (Å²) in [4.78, 5) is 15.7. The first-order valence-electron chi connectivity index (χ1n) is 7.59. The lowest BCUT2D eigenvalue weighted by Gasteiger charge is -2.06. The number of nitrogens with zero attached hydrogens (tertiary/aromatic N) is 3. The predicted octanol–water partition coefficient (Wildman–Crippen LogP) is 4.56. The maximum atomic E-state index is 12.5. The fraction of sp³-hybridized carbons (Fsp3) is 0.125. The van der Waals surface area contributed by atoms with Crippen molar-refractivity contribution in [3.05, 3.63) is 39.3 Å². The van der Waals surface area contributed by atoms with E-state index in [2.05, 4.69) is 25.6 Å². The number of hydrogen-bond donors (Lipinski definition) is 2. The second kappa shape index (κ2) is 6.71. The van der Waals surface area contributed by atoms with Crippen LogP contribution < -0.4 is 0 Å². The van der Waals surface area contributed by atoms with E-state index in [1.807, 2.05) is 5.38 Å². The monoisotopic (exact) mass is 407 g/mol. The first kappa shape index (κ1) is 17.0. The Labute approximate surface area is 161 Å². The highest BCUT2D eigenvalue weighted by Gasteiger charge is 2.25. The SMILES string of the molecule is CCOC(=O)c1[nH]c2c(-c3nn[nH]n3)csc2c1-c1cc(Cl)cc(Cl)c1. The summed E-state index contributed by atoms with van der Waals surface area (Å²) >= 11 is 13.8. The summed E-state index contributed by atoms with van der Waals surface area (Å²) < 4.78 is 6.05. The molecular weight excluding hydrogens is 397 g/mol. The van der Waals surface area contributed by atoms with Gasteiger partial charge in [0.1, 0.15) is 5.69 Å². The third-order valence-electron chi connectivity index (χ3n) is 3.74. The van der Waals surface area contributed by atoms with E-state index in [4.69, 9.17) is 27.9 Å². The van der Waals surface area contributed by atoms with Gasteiger partial charge in [-0.1, -0.05) is 23.2 Å². The smallest absolute Gasteiger partial charge is 0.355 e. The van der Waals surface area contributed by atoms with Crippen molar-refractivity contribution in [2.45, 2.75) is 6.92 Å². The Balaban J connectivity index is 1.99. The number of rotatable bonds is 4. The largest absolute Gasteiger partial charge is 0.461 e. The zero-order chi connectivity index (χ0) is 18.3. The van der Waals surface area contributed by atoms with Gasteiger partial charge in [0, 0.05) is 21.0 Å². The summed E-state index contributed by atoms with van der Waals surface area (Å²) in [6.07, 6.45) is 0. The molecule has 26 heavy (non-hydrogen) atoms. The number of aromatic amines is 2. The molecule has 7 nitrogen and oxygen atoms in total. The van der Waals surface area contributed by atoms with Crippen molar-refractivity contribution < 1.29 is 9.53 Å². The Kier molecular flexibility index (Phi) is 4.39. The van der Waals surface area contributed by atoms with Crippen LogP contribution >= 0.6 is 34.5 Å². The highest BCUT2D eigenvalue weighted by molar-refractivity contribution is 7.18. The van der Waals surface area contributed by atoms with Crippen LogP contribution in [0.5, 0.6) is 0 Å². The maximum Gasteiger partial charge on any atom is 0.355 e. The highest BCUT2D eigenvalue weighted by Crippen LogP contribution is 2.42. The second-order valence-electron chi connectivity index (χ2n) is 5.34. The predicted molar refractivity (Wildman–Crippen MR) is 101 cm³/mol. The summed E-state index contributed by atoms with van der Waals surface area (Å²) in [5.41, 5.74) is 3.20. The molecule has 3 aromatic heterocycles. The number of nitrogens with one attached hydrogen (secondary N) is 2. The van der Waals surface area contributed by atoms with Crippen molar-refractivity contribution in [1.82, 2.24) is 25.6 Å². The summed E-state index contributed by atoms with van der Waals surface area (Å²) in [7, 11) is 0. The quantitative estimate of drug-likeness (QED) is 0.483. The number of ether oxygens (including phenoxy) is 1. The minimum Gasteiger partial charge on any atom is -0.461 e. The van der Waals surface area contributed by atoms with Crippen LogP contribution in [0.1, 0.15) is 17.4 Å². The van der Waals surface area contributed by atoms with Gasteiger partial charge in [-0.3, -0.25) is 0 Å². The van der Waals surface area contributed by atoms with Gasteiger partial charge in [-0.15, -0.1) is 21.5 Å². The van der Waals surface area contributed by atoms with Crippen LogP contribution in [0.15, 0.2) is 23.6 Å². The molecule has 10 heteroatoms. The topological polar surface area (TPSA) is 96.5 Å². The van der Waals surface area contributed by atoms with E-state index in [1.165, 1.54) is 11.3 Å². The third kappa shape index (κ3) is 2.86. The number of esters is 1. The maximum absolute atomic E-state index is 12.5. The molecule has 0 amide bonds. The first-order chi connectivity index (χ1) is 12.6. The van der Waals surface area contributed by atoms with Gasteiger partial charge < -0.3 is 9.72 Å². The lowest BCUT2D eigenvalue weighted by molar-refractivity contribution is 0.0521. The molecule has 0 fully saturated rings. The van der Waals surface area contributed by atoms with Gasteiger partial charge in [0.25, 0.3) is 0 Å². The van der Waals surface area contributed by atoms with Crippen molar-refractivity contribution in [1.29, 1.82) is 0 Å². The standard InChI is InChI=1S/C16H11Cl2N5O2S/c1-2-25-16(24)13-11(7-3-8(17)5-9(18)4-7)14-12(19-13)10(6-26-14)15-20-22-23-21-15/h3-6,19H,2H2,1H3,(H,20,21,22,23). The Morgan fingerprint density at radius 3 is 2.69 bits per heavy atom. The first-order valence-corrected chi connectivity index (χ1v) is 9.22. The minimum atomic E-state index is -0.457. The fourth-order valence-corrected chi connectivity index (χ4v) is 4.34. The highest BCUT2D eigenvalue weighted by atomic mass is 35.5. The van der Waals surface area contributed by atoms with Gasteiger partial charge in [-0.25, -0.2) is 4.79 Å². The molecule has 0 radical (unpaired) electrons. The van der Waals surface area contributed by atoms with E-state index in [-0.39, 0.29) is 6.61 Å². The number of carbonyl (C=O) groups excluding carboxylic acids is 1. The van der Waals surface area contributed by atoms with Crippen molar-refractivity contribution >= 4 is 50.7 Å². The number of tetrazole rings is 1. The van der Waals surface area contributed by atoms with Gasteiger partial charge in [0.15, 0.2) is 0 Å². The molecule has 1 aromatic carbocycles. The van der Waals surface area contributed by atoms with E-state index < -0.39 is 5.97 Å². The van der Waals surface area contributed by atoms with E-state index >= 15 is 0 Å². The molecule has 0 saturated carbocycles. The van der Waals surface area contributed by atoms with Crippen molar-refractivity contribution in [3.63, 3.8) is 0 Å². The number of hydrogen-bond acceptors (Lipinski definition) is 6. The van der Waals surface area contributed by atoms with Gasteiger partial charge >= 0.3 is 5.97 Å². The summed E-state index contributed by atoms with van der Waals surface area (Å²) in [6.45, 7) is 2.02. The van der Waals surface area contributed by atoms with E-state index in [0.29, 0.717) is 27.1 Å². The van der Waals surface area contributed by atoms with Gasteiger partial charge in [-0.2, -0.15) is 5.21 Å². The molecule has 0 unspecified atom stereocenters. The van der Waals surface area contributed by atoms with Gasteiger partial charge in [0.2, 0.25) is 5.82 Å². The lowest BCUT2D eigenvalue weighted by atomic mass is 10.1. The van der Waals surface area contributed by atoms with Crippen molar-refractivity contribution in [3.8, 4) is 22.5 Å². The number of thiophene rings is 1. The van der Waals surface area contributed by atoms with E-state index in [9.17, 15) is 4.79 Å². The summed E-state index contributed by atoms with van der Waals surface area (Å²) in [5.74, 6) is -0.0235. The fourth-order valence-electron chi connectivity index (χ4n) is 2.74. The number of fused-ring (bicyclic) bond motifs is 1. The molecule has 132 valence electrons. The van der Waals surface area contributed by atoms with Gasteiger partial charge in [0.05, 0.1) is 22.4 Å². The summed E-state index contributed by atoms with van der Waals surface area (Å²) in [5, 5.41) is 16.9. The third-order valence-corrected chi connectivity index (χ3v) is 5.17. The number of aromatic nitrogens is 5. The normalized spacial score (nSPS) is 11.2. The van der Waals surface area contributed by atoms with Crippen LogP contribution in [-0.4, -0.2) is 38.2 Å². The summed E-state index contributed by atoms with van der Waals surface area (Å²) in [6, 6.07) is 5.15. The zero-order valence-corrected chi connectivity index (χ0v) is 15.7. The van der Waals surface area contributed by atoms with Gasteiger partial charge in [-0.05, 0) is 35.9 Å². The average Bonchev–Trinajstić information content (AvgIpc) is 3.29. The molecule has 2 N–H and O–H groups in total. The molecule has 0 saturated heterocycles. The number of carbonyl (C=O) groups is 1. The van der Waals surface area contributed by atoms with Crippen LogP contribution in [0, 0.1) is 0 Å². The Morgan fingerprint density at radius 1 is 1.27 bits per heavy atom. The van der Waals surface area contributed by atoms with Crippen molar-refractivity contribution in [2.24, 2.45) is 0 Å². The minimum absolute atomic E-state index is 0.263. The number of H-pyrrole nitrogens is 2. The van der Waals surface area contributed by atoms with Crippen LogP contribution in [0.4, 0.5) is 0 Å². The molecule has 0 spiro atoms. The van der Waals surface area contributed by atoms with E-state index in [0.717, 1.165) is 21.3 Å². The molecule has 4 rings (SSSR count). The molecule has 0 aliphatic rings. The zero-order valence-electron chi connectivity index (χ0n) is 13.3. The Hall–Kier alpha value is -2.42. The molecule has 0 aliphatic heterocycles. The van der Waals surface area contributed by atoms with Crippen molar-refractivity contribution in [2.75, 3.05) is 6.61 Å². The molecular formula is C16H11Cl2N5O2S. The number of benzene rings is 1.